The summed E-state index contributed by atoms with van der Waals surface area (Å²) in [5.41, 5.74) is 4.85. The maximum absolute atomic E-state index is 12.5. The molecule has 0 bridgehead atoms. The normalized spacial score (nSPS) is 39.9. The van der Waals surface area contributed by atoms with E-state index in [9.17, 15) is 14.7 Å². The fraction of sp³-hybridized carbons (Fsp3) is 0.812. The van der Waals surface area contributed by atoms with Gasteiger partial charge in [-0.2, -0.15) is 0 Å². The summed E-state index contributed by atoms with van der Waals surface area (Å²) in [6, 6.07) is 0. The smallest absolute Gasteiger partial charge is 0.306 e. The van der Waals surface area contributed by atoms with E-state index in [1.807, 2.05) is 0 Å². The van der Waals surface area contributed by atoms with Gasteiger partial charge in [-0.15, -0.1) is 0 Å². The van der Waals surface area contributed by atoms with Crippen LogP contribution in [0.15, 0.2) is 22.8 Å². The Morgan fingerprint density at radius 2 is 1.67 bits per heavy atom. The van der Waals surface area contributed by atoms with Crippen LogP contribution in [0.1, 0.15) is 120 Å². The number of carbonyl (C=O) groups is 2. The van der Waals surface area contributed by atoms with E-state index in [2.05, 4.69) is 54.5 Å². The van der Waals surface area contributed by atoms with Gasteiger partial charge in [0, 0.05) is 12.3 Å². The molecule has 0 heterocycles. The molecule has 1 N–H and O–H groups in total. The maximum atomic E-state index is 12.5. The number of aliphatic carboxylic acids is 1. The number of allylic oxidation sites excluding steroid dienone is 4. The molecule has 0 spiro atoms. The summed E-state index contributed by atoms with van der Waals surface area (Å²) in [7, 11) is 0. The minimum atomic E-state index is -0.603. The van der Waals surface area contributed by atoms with Crippen LogP contribution < -0.4 is 0 Å². The van der Waals surface area contributed by atoms with Crippen LogP contribution in [0.2, 0.25) is 0 Å². The maximum Gasteiger partial charge on any atom is 0.306 e. The molecule has 0 saturated heterocycles. The van der Waals surface area contributed by atoms with E-state index in [4.69, 9.17) is 4.74 Å². The van der Waals surface area contributed by atoms with E-state index < -0.39 is 5.97 Å². The van der Waals surface area contributed by atoms with Gasteiger partial charge in [-0.1, -0.05) is 57.4 Å². The second kappa shape index (κ2) is 9.31. The molecule has 2 saturated carbocycles. The minimum absolute atomic E-state index is 0.00680. The molecule has 0 aliphatic heterocycles. The van der Waals surface area contributed by atoms with Crippen LogP contribution >= 0.6 is 0 Å². The second-order valence-corrected chi connectivity index (χ2v) is 14.1. The predicted octanol–water partition coefficient (Wildman–Crippen LogP) is 8.11. The highest BCUT2D eigenvalue weighted by Crippen LogP contribution is 2.72. The van der Waals surface area contributed by atoms with Crippen molar-refractivity contribution in [3.05, 3.63) is 22.8 Å². The van der Waals surface area contributed by atoms with Crippen LogP contribution in [-0.4, -0.2) is 23.1 Å². The summed E-state index contributed by atoms with van der Waals surface area (Å²) in [6.07, 6.45) is 12.4. The van der Waals surface area contributed by atoms with E-state index in [0.717, 1.165) is 64.2 Å². The molecule has 6 unspecified atom stereocenters. The van der Waals surface area contributed by atoms with Crippen molar-refractivity contribution in [3.8, 4) is 0 Å². The number of esters is 1. The molecule has 0 aromatic heterocycles. The number of hydrogen-bond acceptors (Lipinski definition) is 3. The van der Waals surface area contributed by atoms with Crippen molar-refractivity contribution in [1.82, 2.24) is 0 Å². The minimum Gasteiger partial charge on any atom is -0.481 e. The molecule has 4 nitrogen and oxygen atoms in total. The van der Waals surface area contributed by atoms with Crippen molar-refractivity contribution in [3.63, 3.8) is 0 Å². The molecule has 4 rings (SSSR count). The Labute approximate surface area is 219 Å². The molecule has 36 heavy (non-hydrogen) atoms. The summed E-state index contributed by atoms with van der Waals surface area (Å²) in [6.45, 7) is 17.8. The second-order valence-electron chi connectivity index (χ2n) is 14.1. The summed E-state index contributed by atoms with van der Waals surface area (Å²) in [5.74, 6) is -0.291. The number of fused-ring (bicyclic) bond motifs is 4. The quantitative estimate of drug-likeness (QED) is 0.297. The largest absolute Gasteiger partial charge is 0.481 e. The Morgan fingerprint density at radius 1 is 0.972 bits per heavy atom. The molecule has 7 atom stereocenters. The van der Waals surface area contributed by atoms with Crippen molar-refractivity contribution in [2.45, 2.75) is 126 Å². The van der Waals surface area contributed by atoms with Gasteiger partial charge in [0.2, 0.25) is 0 Å². The zero-order valence-corrected chi connectivity index (χ0v) is 24.1. The molecular formula is C32H50O4. The highest BCUT2D eigenvalue weighted by molar-refractivity contribution is 5.70. The van der Waals surface area contributed by atoms with E-state index >= 15 is 0 Å². The van der Waals surface area contributed by atoms with E-state index in [1.165, 1.54) is 12.5 Å². The van der Waals surface area contributed by atoms with E-state index in [0.29, 0.717) is 5.92 Å². The zero-order valence-electron chi connectivity index (χ0n) is 24.1. The third kappa shape index (κ3) is 4.09. The zero-order chi connectivity index (χ0) is 26.7. The number of carboxylic acids is 1. The fourth-order valence-corrected chi connectivity index (χ4v) is 9.81. The number of rotatable bonds is 6. The first-order valence-corrected chi connectivity index (χ1v) is 14.4. The topological polar surface area (TPSA) is 63.6 Å². The van der Waals surface area contributed by atoms with Gasteiger partial charge in [0.05, 0.1) is 5.92 Å². The van der Waals surface area contributed by atoms with Crippen molar-refractivity contribution in [1.29, 1.82) is 0 Å². The monoisotopic (exact) mass is 498 g/mol. The van der Waals surface area contributed by atoms with Gasteiger partial charge >= 0.3 is 11.9 Å². The average molecular weight is 499 g/mol. The summed E-state index contributed by atoms with van der Waals surface area (Å²) in [4.78, 5) is 24.3. The lowest BCUT2D eigenvalue weighted by Gasteiger charge is -2.62. The molecule has 0 aromatic carbocycles. The van der Waals surface area contributed by atoms with Crippen LogP contribution in [0.5, 0.6) is 0 Å². The Balaban J connectivity index is 1.67. The highest BCUT2D eigenvalue weighted by atomic mass is 16.5. The number of ether oxygens (including phenoxy) is 1. The van der Waals surface area contributed by atoms with Crippen molar-refractivity contribution < 1.29 is 19.4 Å². The first-order valence-electron chi connectivity index (χ1n) is 14.4. The van der Waals surface area contributed by atoms with E-state index in [1.54, 1.807) is 11.1 Å². The lowest BCUT2D eigenvalue weighted by molar-refractivity contribution is -0.167. The third-order valence-electron chi connectivity index (χ3n) is 11.9. The molecule has 4 heteroatoms. The Hall–Kier alpha value is -1.58. The molecule has 202 valence electrons. The SMILES string of the molecule is CC(=O)OC1CCC2(C)C3=C(CCC2C1(C)C)[C@@]1(C)CCC(C(CCC=C(C)C)C(=O)O)C1(C)CC3. The van der Waals surface area contributed by atoms with Crippen LogP contribution in [0.3, 0.4) is 0 Å². The molecule has 0 amide bonds. The first kappa shape index (κ1) is 27.5. The average Bonchev–Trinajstić information content (AvgIpc) is 3.04. The Kier molecular flexibility index (Phi) is 7.10. The first-order chi connectivity index (χ1) is 16.7. The van der Waals surface area contributed by atoms with Gasteiger partial charge in [-0.3, -0.25) is 9.59 Å². The lowest BCUT2D eigenvalue weighted by atomic mass is 9.43. The van der Waals surface area contributed by atoms with Crippen molar-refractivity contribution in [2.24, 2.45) is 39.4 Å². The molecule has 0 aromatic rings. The van der Waals surface area contributed by atoms with Gasteiger partial charge in [-0.05, 0) is 106 Å². The van der Waals surface area contributed by atoms with Gasteiger partial charge < -0.3 is 9.84 Å². The predicted molar refractivity (Wildman–Crippen MR) is 144 cm³/mol. The third-order valence-corrected chi connectivity index (χ3v) is 11.9. The van der Waals surface area contributed by atoms with Crippen LogP contribution in [0.25, 0.3) is 0 Å². The lowest BCUT2D eigenvalue weighted by Crippen LogP contribution is -2.56. The summed E-state index contributed by atoms with van der Waals surface area (Å²) >= 11 is 0. The van der Waals surface area contributed by atoms with Crippen LogP contribution in [0.4, 0.5) is 0 Å². The van der Waals surface area contributed by atoms with Gasteiger partial charge in [0.25, 0.3) is 0 Å². The van der Waals surface area contributed by atoms with E-state index in [-0.39, 0.29) is 45.6 Å². The van der Waals surface area contributed by atoms with Gasteiger partial charge in [-0.25, -0.2) is 0 Å². The van der Waals surface area contributed by atoms with Gasteiger partial charge in [0.15, 0.2) is 0 Å². The highest BCUT2D eigenvalue weighted by Gasteiger charge is 2.64. The number of carbonyl (C=O) groups excluding carboxylic acids is 1. The Morgan fingerprint density at radius 3 is 2.28 bits per heavy atom. The number of carboxylic acid groups (broad SMARTS) is 1. The van der Waals surface area contributed by atoms with Crippen molar-refractivity contribution >= 4 is 11.9 Å². The summed E-state index contributed by atoms with van der Waals surface area (Å²) in [5, 5.41) is 10.3. The fourth-order valence-electron chi connectivity index (χ4n) is 9.81. The van der Waals surface area contributed by atoms with Crippen LogP contribution in [0, 0.1) is 39.4 Å². The molecule has 0 radical (unpaired) electrons. The standard InChI is InChI=1S/C32H50O4/c1-20(2)10-9-11-22(28(34)35)23-14-18-32(8)25-12-13-26-29(4,5)27(36-21(3)33)16-17-30(26,6)24(25)15-19-31(23,32)7/h10,22-23,26-27H,9,11-19H2,1-8H3,(H,34,35)/t22?,23?,26?,27?,30?,31?,32-/m1/s1. The van der Waals surface area contributed by atoms with Crippen molar-refractivity contribution in [2.75, 3.05) is 0 Å². The summed E-state index contributed by atoms with van der Waals surface area (Å²) < 4.78 is 5.84. The van der Waals surface area contributed by atoms with Crippen LogP contribution in [-0.2, 0) is 14.3 Å². The Bertz CT molecular complexity index is 969. The van der Waals surface area contributed by atoms with Gasteiger partial charge in [0.1, 0.15) is 6.10 Å². The molecule has 4 aliphatic carbocycles. The molecule has 2 fully saturated rings. The molecular weight excluding hydrogens is 448 g/mol. The number of hydrogen-bond donors (Lipinski definition) is 1. The molecule has 4 aliphatic rings.